The summed E-state index contributed by atoms with van der Waals surface area (Å²) in [5.74, 6) is 1.89. The van der Waals surface area contributed by atoms with Gasteiger partial charge in [0.25, 0.3) is 5.91 Å². The Kier molecular flexibility index (Phi) is 5.31. The molecule has 1 N–H and O–H groups in total. The van der Waals surface area contributed by atoms with Gasteiger partial charge in [-0.25, -0.2) is 0 Å². The highest BCUT2D eigenvalue weighted by Gasteiger charge is 2.30. The highest BCUT2D eigenvalue weighted by atomic mass is 35.5. The second-order valence-corrected chi connectivity index (χ2v) is 5.44. The van der Waals surface area contributed by atoms with Gasteiger partial charge in [-0.05, 0) is 37.6 Å². The van der Waals surface area contributed by atoms with Gasteiger partial charge in [-0.15, -0.1) is 12.4 Å². The van der Waals surface area contributed by atoms with Crippen molar-refractivity contribution in [1.82, 2.24) is 10.2 Å². The molecule has 0 bridgehead atoms. The van der Waals surface area contributed by atoms with E-state index < -0.39 is 6.10 Å². The van der Waals surface area contributed by atoms with E-state index in [1.165, 1.54) is 0 Å². The fraction of sp³-hybridized carbons (Fsp3) is 0.533. The second-order valence-electron chi connectivity index (χ2n) is 5.44. The molecule has 5 nitrogen and oxygen atoms in total. The molecule has 1 amide bonds. The van der Waals surface area contributed by atoms with Crippen molar-refractivity contribution in [3.05, 3.63) is 24.3 Å². The summed E-state index contributed by atoms with van der Waals surface area (Å²) in [5.41, 5.74) is 0. The van der Waals surface area contributed by atoms with Crippen molar-refractivity contribution in [2.75, 3.05) is 33.3 Å². The number of para-hydroxylation sites is 2. The van der Waals surface area contributed by atoms with Gasteiger partial charge in [0, 0.05) is 13.6 Å². The van der Waals surface area contributed by atoms with E-state index in [4.69, 9.17) is 9.47 Å². The molecule has 2 aliphatic heterocycles. The lowest BCUT2D eigenvalue weighted by molar-refractivity contribution is -0.140. The minimum Gasteiger partial charge on any atom is -0.485 e. The van der Waals surface area contributed by atoms with Crippen LogP contribution in [0, 0.1) is 5.92 Å². The third-order valence-corrected chi connectivity index (χ3v) is 3.85. The normalized spacial score (nSPS) is 23.3. The van der Waals surface area contributed by atoms with Crippen LogP contribution in [0.5, 0.6) is 11.5 Å². The predicted octanol–water partition coefficient (Wildman–Crippen LogP) is 1.32. The molecule has 6 heteroatoms. The number of rotatable bonds is 3. The van der Waals surface area contributed by atoms with Crippen LogP contribution in [0.2, 0.25) is 0 Å². The fourth-order valence-corrected chi connectivity index (χ4v) is 2.73. The maximum Gasteiger partial charge on any atom is 0.267 e. The molecule has 2 unspecified atom stereocenters. The van der Waals surface area contributed by atoms with E-state index in [1.54, 1.807) is 4.90 Å². The van der Waals surface area contributed by atoms with E-state index >= 15 is 0 Å². The van der Waals surface area contributed by atoms with Gasteiger partial charge in [0.2, 0.25) is 6.10 Å². The maximum absolute atomic E-state index is 12.4. The first kappa shape index (κ1) is 15.9. The lowest BCUT2D eigenvalue weighted by atomic mass is 10.1. The number of carbonyl (C=O) groups is 1. The summed E-state index contributed by atoms with van der Waals surface area (Å²) in [6, 6.07) is 7.45. The molecule has 21 heavy (non-hydrogen) atoms. The fourth-order valence-electron chi connectivity index (χ4n) is 2.73. The topological polar surface area (TPSA) is 50.8 Å². The molecule has 116 valence electrons. The van der Waals surface area contributed by atoms with Crippen LogP contribution in [0.3, 0.4) is 0 Å². The standard InChI is InChI=1S/C15H20N2O3.ClH/c1-17(9-11-6-7-16-8-11)15(18)14-10-19-12-4-2-3-5-13(12)20-14;/h2-5,11,14,16H,6-10H2,1H3;1H. The van der Waals surface area contributed by atoms with Gasteiger partial charge in [0.1, 0.15) is 6.61 Å². The first-order valence-electron chi connectivity index (χ1n) is 7.08. The Morgan fingerprint density at radius 3 is 2.86 bits per heavy atom. The summed E-state index contributed by atoms with van der Waals surface area (Å²) in [5, 5.41) is 3.32. The number of hydrogen-bond acceptors (Lipinski definition) is 4. The van der Waals surface area contributed by atoms with Crippen molar-refractivity contribution in [2.45, 2.75) is 12.5 Å². The number of halogens is 1. The summed E-state index contributed by atoms with van der Waals surface area (Å²) in [4.78, 5) is 14.2. The van der Waals surface area contributed by atoms with Crippen molar-refractivity contribution >= 4 is 18.3 Å². The molecule has 3 rings (SSSR count). The summed E-state index contributed by atoms with van der Waals surface area (Å²) in [7, 11) is 1.84. The number of nitrogens with zero attached hydrogens (tertiary/aromatic N) is 1. The number of benzene rings is 1. The van der Waals surface area contributed by atoms with Crippen molar-refractivity contribution in [3.8, 4) is 11.5 Å². The molecule has 1 saturated heterocycles. The number of carbonyl (C=O) groups excluding carboxylic acids is 1. The Morgan fingerprint density at radius 2 is 2.14 bits per heavy atom. The highest BCUT2D eigenvalue weighted by Crippen LogP contribution is 2.31. The Hall–Kier alpha value is -1.46. The monoisotopic (exact) mass is 312 g/mol. The summed E-state index contributed by atoms with van der Waals surface area (Å²) in [6.07, 6.45) is 0.590. The number of likely N-dealkylation sites (N-methyl/N-ethyl adjacent to an activating group) is 1. The van der Waals surface area contributed by atoms with Gasteiger partial charge in [-0.3, -0.25) is 4.79 Å². The highest BCUT2D eigenvalue weighted by molar-refractivity contribution is 5.85. The Bertz CT molecular complexity index is 492. The van der Waals surface area contributed by atoms with Crippen molar-refractivity contribution in [2.24, 2.45) is 5.92 Å². The molecule has 1 aromatic rings. The largest absolute Gasteiger partial charge is 0.485 e. The molecular weight excluding hydrogens is 292 g/mol. The smallest absolute Gasteiger partial charge is 0.267 e. The van der Waals surface area contributed by atoms with E-state index in [1.807, 2.05) is 31.3 Å². The molecule has 2 aliphatic rings. The molecule has 0 saturated carbocycles. The molecule has 0 aromatic heterocycles. The lowest BCUT2D eigenvalue weighted by Gasteiger charge is -2.29. The van der Waals surface area contributed by atoms with Crippen molar-refractivity contribution in [1.29, 1.82) is 0 Å². The molecule has 0 radical (unpaired) electrons. The Labute approximate surface area is 131 Å². The predicted molar refractivity (Wildman–Crippen MR) is 82.2 cm³/mol. The van der Waals surface area contributed by atoms with Gasteiger partial charge in [-0.1, -0.05) is 12.1 Å². The van der Waals surface area contributed by atoms with Gasteiger partial charge in [-0.2, -0.15) is 0 Å². The van der Waals surface area contributed by atoms with E-state index in [-0.39, 0.29) is 24.9 Å². The molecule has 1 fully saturated rings. The van der Waals surface area contributed by atoms with Crippen molar-refractivity contribution in [3.63, 3.8) is 0 Å². The average molecular weight is 313 g/mol. The summed E-state index contributed by atoms with van der Waals surface area (Å²) < 4.78 is 11.3. The van der Waals surface area contributed by atoms with E-state index in [9.17, 15) is 4.79 Å². The van der Waals surface area contributed by atoms with Crippen LogP contribution in [0.4, 0.5) is 0 Å². The van der Waals surface area contributed by atoms with Gasteiger partial charge in [0.15, 0.2) is 11.5 Å². The minimum absolute atomic E-state index is 0. The molecule has 0 spiro atoms. The van der Waals surface area contributed by atoms with Crippen LogP contribution < -0.4 is 14.8 Å². The van der Waals surface area contributed by atoms with Crippen LogP contribution in [0.15, 0.2) is 24.3 Å². The first-order valence-corrected chi connectivity index (χ1v) is 7.08. The quantitative estimate of drug-likeness (QED) is 0.914. The van der Waals surface area contributed by atoms with Gasteiger partial charge in [0.05, 0.1) is 0 Å². The lowest BCUT2D eigenvalue weighted by Crippen LogP contribution is -2.46. The van der Waals surface area contributed by atoms with Crippen LogP contribution >= 0.6 is 12.4 Å². The molecule has 2 atom stereocenters. The maximum atomic E-state index is 12.4. The Morgan fingerprint density at radius 1 is 1.38 bits per heavy atom. The summed E-state index contributed by atoms with van der Waals surface area (Å²) >= 11 is 0. The van der Waals surface area contributed by atoms with Crippen LogP contribution in [0.1, 0.15) is 6.42 Å². The minimum atomic E-state index is -0.538. The Balaban J connectivity index is 0.00000161. The zero-order valence-corrected chi connectivity index (χ0v) is 12.9. The summed E-state index contributed by atoms with van der Waals surface area (Å²) in [6.45, 7) is 3.09. The zero-order chi connectivity index (χ0) is 13.9. The molecule has 1 aromatic carbocycles. The third-order valence-electron chi connectivity index (χ3n) is 3.85. The van der Waals surface area contributed by atoms with Crippen molar-refractivity contribution < 1.29 is 14.3 Å². The third kappa shape index (κ3) is 3.60. The second kappa shape index (κ2) is 7.00. The molecule has 2 heterocycles. The number of ether oxygens (including phenoxy) is 2. The average Bonchev–Trinajstić information content (AvgIpc) is 2.99. The first-order chi connectivity index (χ1) is 9.74. The SMILES string of the molecule is CN(CC1CCNC1)C(=O)C1COc2ccccc2O1.Cl. The van der Waals surface area contributed by atoms with Gasteiger partial charge >= 0.3 is 0 Å². The van der Waals surface area contributed by atoms with Crippen LogP contribution in [-0.4, -0.2) is 50.2 Å². The van der Waals surface area contributed by atoms with E-state index in [2.05, 4.69) is 5.32 Å². The van der Waals surface area contributed by atoms with E-state index in [0.29, 0.717) is 17.4 Å². The molecule has 0 aliphatic carbocycles. The number of amides is 1. The number of nitrogens with one attached hydrogen (secondary N) is 1. The number of fused-ring (bicyclic) bond motifs is 1. The van der Waals surface area contributed by atoms with Crippen LogP contribution in [-0.2, 0) is 4.79 Å². The number of hydrogen-bond donors (Lipinski definition) is 1. The zero-order valence-electron chi connectivity index (χ0n) is 12.1. The van der Waals surface area contributed by atoms with E-state index in [0.717, 1.165) is 26.1 Å². The molecular formula is C15H21ClN2O3. The van der Waals surface area contributed by atoms with Crippen LogP contribution in [0.25, 0.3) is 0 Å². The van der Waals surface area contributed by atoms with Gasteiger partial charge < -0.3 is 19.7 Å².